The zero-order valence-electron chi connectivity index (χ0n) is 18.9. The van der Waals surface area contributed by atoms with Crippen molar-refractivity contribution in [2.45, 2.75) is 0 Å². The van der Waals surface area contributed by atoms with Gasteiger partial charge in [-0.15, -0.1) is 5.10 Å². The molecule has 2 aromatic heterocycles. The van der Waals surface area contributed by atoms with Crippen molar-refractivity contribution in [3.05, 3.63) is 103 Å². The number of amidine groups is 1. The Morgan fingerprint density at radius 3 is 2.36 bits per heavy atom. The van der Waals surface area contributed by atoms with Crippen LogP contribution in [-0.4, -0.2) is 32.5 Å². The summed E-state index contributed by atoms with van der Waals surface area (Å²) in [6.07, 6.45) is 0. The van der Waals surface area contributed by atoms with Gasteiger partial charge in [0.15, 0.2) is 16.6 Å². The van der Waals surface area contributed by atoms with Gasteiger partial charge in [-0.25, -0.2) is 10.1 Å². The fraction of sp³-hybridized carbons (Fsp3) is 0.0370. The number of furan rings is 1. The molecule has 0 saturated carbocycles. The van der Waals surface area contributed by atoms with E-state index in [-0.39, 0.29) is 17.4 Å². The maximum atomic E-state index is 13.1. The van der Waals surface area contributed by atoms with Crippen LogP contribution in [0.5, 0.6) is 0 Å². The van der Waals surface area contributed by atoms with Crippen molar-refractivity contribution in [2.75, 3.05) is 10.7 Å². The molecule has 36 heavy (non-hydrogen) atoms. The Hall–Kier alpha value is -4.63. The second kappa shape index (κ2) is 9.20. The molecule has 176 valence electrons. The first-order valence-electron chi connectivity index (χ1n) is 11.2. The molecular formula is C27H19N5O3S. The Labute approximate surface area is 210 Å². The number of hydrogen-bond donors (Lipinski definition) is 1. The van der Waals surface area contributed by atoms with Gasteiger partial charge in [-0.05, 0) is 36.4 Å². The highest BCUT2D eigenvalue weighted by molar-refractivity contribution is 8.15. The molecule has 0 bridgehead atoms. The summed E-state index contributed by atoms with van der Waals surface area (Å²) in [5.74, 6) is 0.245. The largest absolute Gasteiger partial charge is 0.454 e. The first-order chi connectivity index (χ1) is 17.7. The molecule has 0 spiro atoms. The van der Waals surface area contributed by atoms with Gasteiger partial charge in [0.05, 0.1) is 17.1 Å². The number of carbonyl (C=O) groups is 2. The Morgan fingerprint density at radius 2 is 1.61 bits per heavy atom. The summed E-state index contributed by atoms with van der Waals surface area (Å²) in [7, 11) is 0. The van der Waals surface area contributed by atoms with Crippen molar-refractivity contribution in [2.24, 2.45) is 5.10 Å². The fourth-order valence-electron chi connectivity index (χ4n) is 3.97. The van der Waals surface area contributed by atoms with Crippen LogP contribution in [0, 0.1) is 0 Å². The third-order valence-corrected chi connectivity index (χ3v) is 6.58. The van der Waals surface area contributed by atoms with Gasteiger partial charge in [-0.3, -0.25) is 14.5 Å². The van der Waals surface area contributed by atoms with Crippen molar-refractivity contribution in [3.8, 4) is 17.1 Å². The van der Waals surface area contributed by atoms with Gasteiger partial charge in [-0.2, -0.15) is 5.10 Å². The van der Waals surface area contributed by atoms with Crippen LogP contribution in [0.2, 0.25) is 0 Å². The standard InChI is InChI=1S/C27H19N5O3S/c33-25-17-36-27(31(25)19-10-3-1-4-11-19)29-28-26(34)21-16-22(32(30-21)20-12-5-2-6-13-20)24-15-18-9-7-8-14-23(18)35-24/h1-16H,17H2,(H,28,34)/b29-27+. The second-order valence-corrected chi connectivity index (χ2v) is 8.94. The second-order valence-electron chi connectivity index (χ2n) is 8.00. The van der Waals surface area contributed by atoms with Crippen LogP contribution >= 0.6 is 11.8 Å². The van der Waals surface area contributed by atoms with E-state index in [9.17, 15) is 9.59 Å². The van der Waals surface area contributed by atoms with E-state index < -0.39 is 5.91 Å². The Kier molecular flexibility index (Phi) is 5.59. The quantitative estimate of drug-likeness (QED) is 0.345. The zero-order valence-corrected chi connectivity index (χ0v) is 19.7. The summed E-state index contributed by atoms with van der Waals surface area (Å²) < 4.78 is 7.73. The molecule has 0 atom stereocenters. The number of nitrogens with one attached hydrogen (secondary N) is 1. The smallest absolute Gasteiger partial charge is 0.291 e. The van der Waals surface area contributed by atoms with Crippen LogP contribution in [0.25, 0.3) is 28.1 Å². The lowest BCUT2D eigenvalue weighted by molar-refractivity contribution is -0.115. The first-order valence-corrected chi connectivity index (χ1v) is 12.2. The van der Waals surface area contributed by atoms with Gasteiger partial charge in [0, 0.05) is 11.5 Å². The number of carbonyl (C=O) groups excluding carboxylic acids is 2. The monoisotopic (exact) mass is 493 g/mol. The molecule has 1 aliphatic heterocycles. The minimum absolute atomic E-state index is 0.0975. The number of para-hydroxylation sites is 3. The number of nitrogens with zero attached hydrogens (tertiary/aromatic N) is 4. The molecular weight excluding hydrogens is 474 g/mol. The minimum Gasteiger partial charge on any atom is -0.454 e. The lowest BCUT2D eigenvalue weighted by Gasteiger charge is -2.15. The number of hydrazone groups is 1. The number of aromatic nitrogens is 2. The van der Waals surface area contributed by atoms with Crippen LogP contribution in [-0.2, 0) is 4.79 Å². The van der Waals surface area contributed by atoms with Crippen molar-refractivity contribution in [1.29, 1.82) is 0 Å². The van der Waals surface area contributed by atoms with Crippen LogP contribution in [0.15, 0.2) is 107 Å². The molecule has 2 amide bonds. The normalized spacial score (nSPS) is 14.6. The van der Waals surface area contributed by atoms with Crippen LogP contribution in [0.4, 0.5) is 5.69 Å². The van der Waals surface area contributed by atoms with Gasteiger partial charge in [0.2, 0.25) is 5.91 Å². The summed E-state index contributed by atoms with van der Waals surface area (Å²) in [6, 6.07) is 30.0. The summed E-state index contributed by atoms with van der Waals surface area (Å²) in [4.78, 5) is 27.0. The molecule has 3 heterocycles. The highest BCUT2D eigenvalue weighted by atomic mass is 32.2. The number of anilines is 1. The van der Waals surface area contributed by atoms with E-state index in [0.29, 0.717) is 22.3 Å². The summed E-state index contributed by atoms with van der Waals surface area (Å²) >= 11 is 1.27. The molecule has 6 rings (SSSR count). The number of amides is 2. The van der Waals surface area contributed by atoms with E-state index in [1.807, 2.05) is 91.0 Å². The van der Waals surface area contributed by atoms with Crippen LogP contribution < -0.4 is 10.3 Å². The lowest BCUT2D eigenvalue weighted by atomic mass is 10.2. The number of thioether (sulfide) groups is 1. The number of hydrogen-bond acceptors (Lipinski definition) is 6. The number of fused-ring (bicyclic) bond motifs is 1. The van der Waals surface area contributed by atoms with Gasteiger partial charge < -0.3 is 4.42 Å². The number of benzene rings is 3. The highest BCUT2D eigenvalue weighted by Crippen LogP contribution is 2.30. The summed E-state index contributed by atoms with van der Waals surface area (Å²) in [6.45, 7) is 0. The third-order valence-electron chi connectivity index (χ3n) is 5.65. The molecule has 1 N–H and O–H groups in total. The minimum atomic E-state index is -0.498. The Balaban J connectivity index is 1.34. The molecule has 5 aromatic rings. The lowest BCUT2D eigenvalue weighted by Crippen LogP contribution is -2.31. The Morgan fingerprint density at radius 1 is 0.917 bits per heavy atom. The molecule has 9 heteroatoms. The van der Waals surface area contributed by atoms with Crippen LogP contribution in [0.3, 0.4) is 0 Å². The summed E-state index contributed by atoms with van der Waals surface area (Å²) in [5, 5.41) is 10.1. The molecule has 0 aliphatic carbocycles. The van der Waals surface area contributed by atoms with Gasteiger partial charge in [0.1, 0.15) is 11.3 Å². The van der Waals surface area contributed by atoms with Gasteiger partial charge in [0.25, 0.3) is 5.91 Å². The average molecular weight is 494 g/mol. The first kappa shape index (κ1) is 21.9. The molecule has 3 aromatic carbocycles. The molecule has 1 aliphatic rings. The maximum Gasteiger partial charge on any atom is 0.291 e. The van der Waals surface area contributed by atoms with Crippen molar-refractivity contribution in [3.63, 3.8) is 0 Å². The zero-order chi connectivity index (χ0) is 24.5. The summed E-state index contributed by atoms with van der Waals surface area (Å²) in [5.41, 5.74) is 5.58. The molecule has 8 nitrogen and oxygen atoms in total. The predicted molar refractivity (Wildman–Crippen MR) is 140 cm³/mol. The van der Waals surface area contributed by atoms with E-state index in [2.05, 4.69) is 15.6 Å². The van der Waals surface area contributed by atoms with E-state index >= 15 is 0 Å². The van der Waals surface area contributed by atoms with Gasteiger partial charge in [-0.1, -0.05) is 66.4 Å². The van der Waals surface area contributed by atoms with Gasteiger partial charge >= 0.3 is 0 Å². The van der Waals surface area contributed by atoms with Crippen molar-refractivity contribution < 1.29 is 14.0 Å². The number of rotatable bonds is 5. The van der Waals surface area contributed by atoms with E-state index in [1.165, 1.54) is 16.7 Å². The fourth-order valence-corrected chi connectivity index (χ4v) is 4.80. The highest BCUT2D eigenvalue weighted by Gasteiger charge is 2.30. The van der Waals surface area contributed by atoms with Crippen molar-refractivity contribution >= 4 is 45.4 Å². The maximum absolute atomic E-state index is 13.1. The molecule has 1 saturated heterocycles. The van der Waals surface area contributed by atoms with E-state index in [0.717, 1.165) is 16.7 Å². The predicted octanol–water partition coefficient (Wildman–Crippen LogP) is 5.07. The van der Waals surface area contributed by atoms with E-state index in [4.69, 9.17) is 4.42 Å². The molecule has 0 radical (unpaired) electrons. The SMILES string of the molecule is O=C(N/N=C1/SCC(=O)N1c1ccccc1)c1cc(-c2cc3ccccc3o2)n(-c2ccccc2)n1. The third kappa shape index (κ3) is 4.05. The topological polar surface area (TPSA) is 92.7 Å². The van der Waals surface area contributed by atoms with E-state index in [1.54, 1.807) is 10.7 Å². The average Bonchev–Trinajstić information content (AvgIpc) is 3.64. The van der Waals surface area contributed by atoms with Crippen molar-refractivity contribution in [1.82, 2.24) is 15.2 Å². The Bertz CT molecular complexity index is 1580. The molecule has 1 fully saturated rings. The van der Waals surface area contributed by atoms with Crippen LogP contribution in [0.1, 0.15) is 10.5 Å². The molecule has 0 unspecified atom stereocenters.